The van der Waals surface area contributed by atoms with Crippen LogP contribution >= 0.6 is 12.2 Å². The molecular weight excluding hydrogens is 390 g/mol. The summed E-state index contributed by atoms with van der Waals surface area (Å²) in [6, 6.07) is 24.4. The molecule has 0 aliphatic carbocycles. The Labute approximate surface area is 181 Å². The van der Waals surface area contributed by atoms with Crippen LogP contribution in [0.5, 0.6) is 0 Å². The number of benzene rings is 1. The number of hydrogen-bond acceptors (Lipinski definition) is 3. The fourth-order valence-electron chi connectivity index (χ4n) is 3.95. The lowest BCUT2D eigenvalue weighted by molar-refractivity contribution is 0.308. The van der Waals surface area contributed by atoms with Crippen molar-refractivity contribution in [2.45, 2.75) is 18.6 Å². The van der Waals surface area contributed by atoms with Gasteiger partial charge in [0.05, 0.1) is 30.0 Å². The quantitative estimate of drug-likeness (QED) is 0.492. The van der Waals surface area contributed by atoms with E-state index < -0.39 is 0 Å². The van der Waals surface area contributed by atoms with Gasteiger partial charge in [-0.15, -0.1) is 0 Å². The lowest BCUT2D eigenvalue weighted by Gasteiger charge is -2.27. The molecule has 1 fully saturated rings. The van der Waals surface area contributed by atoms with Crippen LogP contribution in [0.4, 0.5) is 0 Å². The molecule has 0 bridgehead atoms. The SMILES string of the molecule is S=C1N[C@@H](c2ccccn2)[C@H](c2ccn(-c3ccccc3)c2)N1Cc1ccccn1. The number of aromatic nitrogens is 3. The maximum atomic E-state index is 5.75. The van der Waals surface area contributed by atoms with Crippen molar-refractivity contribution in [1.29, 1.82) is 0 Å². The van der Waals surface area contributed by atoms with Gasteiger partial charge in [0.25, 0.3) is 0 Å². The molecule has 3 aromatic heterocycles. The van der Waals surface area contributed by atoms with E-state index in [9.17, 15) is 0 Å². The van der Waals surface area contributed by atoms with Gasteiger partial charge in [-0.05, 0) is 60.2 Å². The van der Waals surface area contributed by atoms with E-state index in [4.69, 9.17) is 12.2 Å². The molecule has 5 nitrogen and oxygen atoms in total. The molecule has 0 saturated carbocycles. The molecular formula is C24H21N5S. The standard InChI is InChI=1S/C24H21N5S/c30-24-27-22(21-11-5-7-14-26-21)23(29(24)17-19-8-4-6-13-25-19)18-12-15-28(16-18)20-9-2-1-3-10-20/h1-16,22-23H,17H2,(H,27,30)/t22-,23-/m0/s1. The van der Waals surface area contributed by atoms with Crippen molar-refractivity contribution in [1.82, 2.24) is 24.8 Å². The summed E-state index contributed by atoms with van der Waals surface area (Å²) in [7, 11) is 0. The first kappa shape index (κ1) is 18.5. The Bertz CT molecular complexity index is 1130. The van der Waals surface area contributed by atoms with E-state index in [0.717, 1.165) is 17.1 Å². The minimum Gasteiger partial charge on any atom is -0.352 e. The predicted molar refractivity (Wildman–Crippen MR) is 121 cm³/mol. The monoisotopic (exact) mass is 411 g/mol. The number of para-hydroxylation sites is 1. The van der Waals surface area contributed by atoms with E-state index in [1.165, 1.54) is 5.56 Å². The normalized spacial score (nSPS) is 18.4. The van der Waals surface area contributed by atoms with Crippen LogP contribution in [0.25, 0.3) is 5.69 Å². The molecule has 1 N–H and O–H groups in total. The van der Waals surface area contributed by atoms with Gasteiger partial charge in [0.2, 0.25) is 0 Å². The molecule has 1 aliphatic rings. The molecule has 148 valence electrons. The first-order valence-corrected chi connectivity index (χ1v) is 10.3. The number of thiocarbonyl (C=S) groups is 1. The smallest absolute Gasteiger partial charge is 0.170 e. The van der Waals surface area contributed by atoms with Gasteiger partial charge in [0.15, 0.2) is 5.11 Å². The fraction of sp³-hybridized carbons (Fsp3) is 0.125. The molecule has 1 saturated heterocycles. The maximum absolute atomic E-state index is 5.75. The third-order valence-electron chi connectivity index (χ3n) is 5.37. The van der Waals surface area contributed by atoms with Gasteiger partial charge in [0.1, 0.15) is 0 Å². The van der Waals surface area contributed by atoms with Crippen molar-refractivity contribution in [2.75, 3.05) is 0 Å². The van der Waals surface area contributed by atoms with E-state index in [2.05, 4.69) is 55.3 Å². The number of nitrogens with zero attached hydrogens (tertiary/aromatic N) is 4. The van der Waals surface area contributed by atoms with Crippen LogP contribution in [-0.2, 0) is 6.54 Å². The molecule has 5 rings (SSSR count). The van der Waals surface area contributed by atoms with Gasteiger partial charge < -0.3 is 14.8 Å². The average molecular weight is 412 g/mol. The van der Waals surface area contributed by atoms with Gasteiger partial charge in [-0.25, -0.2) is 0 Å². The van der Waals surface area contributed by atoms with Gasteiger partial charge in [-0.1, -0.05) is 30.3 Å². The van der Waals surface area contributed by atoms with Crippen molar-refractivity contribution in [3.63, 3.8) is 0 Å². The molecule has 4 aromatic rings. The first-order valence-electron chi connectivity index (χ1n) is 9.91. The Hall–Kier alpha value is -3.51. The van der Waals surface area contributed by atoms with Crippen molar-refractivity contribution in [3.05, 3.63) is 115 Å². The Morgan fingerprint density at radius 1 is 0.867 bits per heavy atom. The van der Waals surface area contributed by atoms with Gasteiger partial charge >= 0.3 is 0 Å². The highest BCUT2D eigenvalue weighted by Gasteiger charge is 2.40. The highest BCUT2D eigenvalue weighted by Crippen LogP contribution is 2.39. The van der Waals surface area contributed by atoms with Crippen molar-refractivity contribution in [2.24, 2.45) is 0 Å². The third-order valence-corrected chi connectivity index (χ3v) is 5.72. The third kappa shape index (κ3) is 3.57. The Kier molecular flexibility index (Phi) is 4.99. The largest absolute Gasteiger partial charge is 0.352 e. The summed E-state index contributed by atoms with van der Waals surface area (Å²) in [4.78, 5) is 11.3. The number of pyridine rings is 2. The van der Waals surface area contributed by atoms with E-state index in [1.54, 1.807) is 0 Å². The fourth-order valence-corrected chi connectivity index (χ4v) is 4.26. The lowest BCUT2D eigenvalue weighted by Crippen LogP contribution is -2.29. The zero-order chi connectivity index (χ0) is 20.3. The second kappa shape index (κ2) is 8.08. The van der Waals surface area contributed by atoms with Crippen LogP contribution in [0, 0.1) is 0 Å². The van der Waals surface area contributed by atoms with E-state index >= 15 is 0 Å². The van der Waals surface area contributed by atoms with Gasteiger partial charge in [-0.3, -0.25) is 9.97 Å². The summed E-state index contributed by atoms with van der Waals surface area (Å²) in [6.45, 7) is 0.636. The Morgan fingerprint density at radius 2 is 1.63 bits per heavy atom. The Balaban J connectivity index is 1.54. The second-order valence-electron chi connectivity index (χ2n) is 7.26. The van der Waals surface area contributed by atoms with Gasteiger partial charge in [0, 0.05) is 30.5 Å². The highest BCUT2D eigenvalue weighted by molar-refractivity contribution is 7.80. The van der Waals surface area contributed by atoms with Crippen LogP contribution < -0.4 is 5.32 Å². The molecule has 0 spiro atoms. The summed E-state index contributed by atoms with van der Waals surface area (Å²) < 4.78 is 2.14. The molecule has 30 heavy (non-hydrogen) atoms. The molecule has 4 heterocycles. The summed E-state index contributed by atoms with van der Waals surface area (Å²) >= 11 is 5.75. The summed E-state index contributed by atoms with van der Waals surface area (Å²) in [5, 5.41) is 4.21. The lowest BCUT2D eigenvalue weighted by atomic mass is 9.99. The van der Waals surface area contributed by atoms with E-state index in [1.807, 2.05) is 67.0 Å². The number of nitrogens with one attached hydrogen (secondary N) is 1. The van der Waals surface area contributed by atoms with Crippen LogP contribution in [0.2, 0.25) is 0 Å². The zero-order valence-corrected chi connectivity index (χ0v) is 17.1. The Morgan fingerprint density at radius 3 is 2.37 bits per heavy atom. The summed E-state index contributed by atoms with van der Waals surface area (Å²) in [5.41, 5.74) is 4.26. The van der Waals surface area contributed by atoms with Crippen molar-refractivity contribution >= 4 is 17.3 Å². The second-order valence-corrected chi connectivity index (χ2v) is 7.65. The van der Waals surface area contributed by atoms with Crippen LogP contribution in [-0.4, -0.2) is 24.5 Å². The highest BCUT2D eigenvalue weighted by atomic mass is 32.1. The molecule has 0 amide bonds. The van der Waals surface area contributed by atoms with E-state index in [-0.39, 0.29) is 12.1 Å². The molecule has 1 aromatic carbocycles. The zero-order valence-electron chi connectivity index (χ0n) is 16.3. The number of rotatable bonds is 5. The molecule has 2 atom stereocenters. The van der Waals surface area contributed by atoms with E-state index in [0.29, 0.717) is 11.7 Å². The topological polar surface area (TPSA) is 46.0 Å². The average Bonchev–Trinajstić information content (AvgIpc) is 3.41. The van der Waals surface area contributed by atoms with Gasteiger partial charge in [-0.2, -0.15) is 0 Å². The van der Waals surface area contributed by atoms with Crippen LogP contribution in [0.15, 0.2) is 97.6 Å². The minimum atomic E-state index is -0.0333. The maximum Gasteiger partial charge on any atom is 0.170 e. The molecule has 1 aliphatic heterocycles. The molecule has 6 heteroatoms. The van der Waals surface area contributed by atoms with Crippen LogP contribution in [0.1, 0.15) is 29.0 Å². The number of hydrogen-bond donors (Lipinski definition) is 1. The molecule has 0 unspecified atom stereocenters. The van der Waals surface area contributed by atoms with Crippen LogP contribution in [0.3, 0.4) is 0 Å². The predicted octanol–water partition coefficient (Wildman–Crippen LogP) is 4.44. The van der Waals surface area contributed by atoms with Crippen molar-refractivity contribution in [3.8, 4) is 5.69 Å². The summed E-state index contributed by atoms with van der Waals surface area (Å²) in [6.07, 6.45) is 7.92. The first-order chi connectivity index (χ1) is 14.8. The summed E-state index contributed by atoms with van der Waals surface area (Å²) in [5.74, 6) is 0. The molecule has 0 radical (unpaired) electrons. The van der Waals surface area contributed by atoms with Crippen molar-refractivity contribution < 1.29 is 0 Å². The minimum absolute atomic E-state index is 0.0133.